The fourth-order valence-electron chi connectivity index (χ4n) is 2.22. The summed E-state index contributed by atoms with van der Waals surface area (Å²) < 4.78 is 25.5. The van der Waals surface area contributed by atoms with Crippen LogP contribution in [0.15, 0.2) is 47.4 Å². The van der Waals surface area contributed by atoms with E-state index in [4.69, 9.17) is 11.6 Å². The Hall–Kier alpha value is -1.96. The van der Waals surface area contributed by atoms with Gasteiger partial charge in [-0.25, -0.2) is 13.4 Å². The lowest BCUT2D eigenvalue weighted by Gasteiger charge is -2.07. The number of amides is 1. The topological polar surface area (TPSA) is 76.1 Å². The number of benzene rings is 2. The molecule has 0 saturated heterocycles. The van der Waals surface area contributed by atoms with E-state index in [9.17, 15) is 13.2 Å². The highest BCUT2D eigenvalue weighted by Crippen LogP contribution is 2.24. The van der Waals surface area contributed by atoms with Crippen LogP contribution in [0.1, 0.15) is 5.01 Å². The van der Waals surface area contributed by atoms with E-state index in [-0.39, 0.29) is 4.90 Å². The molecule has 0 bridgehead atoms. The number of thiazole rings is 1. The standard InChI is InChI=1S/C16H13ClN2O3S2/c1-10-18-14-8-12(4-7-15(14)23-10)19-16(20)9-24(21,22)13-5-2-11(17)3-6-13/h2-8H,9H2,1H3,(H,19,20). The Morgan fingerprint density at radius 3 is 2.62 bits per heavy atom. The fourth-order valence-corrected chi connectivity index (χ4v) is 4.28. The van der Waals surface area contributed by atoms with Crippen molar-refractivity contribution < 1.29 is 13.2 Å². The summed E-state index contributed by atoms with van der Waals surface area (Å²) in [5.74, 6) is -1.24. The number of aryl methyl sites for hydroxylation is 1. The molecule has 0 saturated carbocycles. The lowest BCUT2D eigenvalue weighted by atomic mass is 10.3. The molecule has 24 heavy (non-hydrogen) atoms. The number of rotatable bonds is 4. The lowest BCUT2D eigenvalue weighted by molar-refractivity contribution is -0.113. The maximum absolute atomic E-state index is 12.2. The SMILES string of the molecule is Cc1nc2cc(NC(=O)CS(=O)(=O)c3ccc(Cl)cc3)ccc2s1. The van der Waals surface area contributed by atoms with Crippen LogP contribution in [-0.2, 0) is 14.6 Å². The van der Waals surface area contributed by atoms with Crippen LogP contribution in [0.5, 0.6) is 0 Å². The second-order valence-electron chi connectivity index (χ2n) is 5.18. The second kappa shape index (κ2) is 6.51. The van der Waals surface area contributed by atoms with Gasteiger partial charge in [-0.05, 0) is 49.4 Å². The van der Waals surface area contributed by atoms with Gasteiger partial charge in [0, 0.05) is 10.7 Å². The van der Waals surface area contributed by atoms with E-state index in [1.807, 2.05) is 13.0 Å². The number of nitrogens with one attached hydrogen (secondary N) is 1. The van der Waals surface area contributed by atoms with Crippen LogP contribution >= 0.6 is 22.9 Å². The van der Waals surface area contributed by atoms with Crippen molar-refractivity contribution in [2.45, 2.75) is 11.8 Å². The quantitative estimate of drug-likeness (QED) is 0.749. The van der Waals surface area contributed by atoms with Crippen molar-refractivity contribution in [3.8, 4) is 0 Å². The maximum Gasteiger partial charge on any atom is 0.239 e. The Labute approximate surface area is 148 Å². The first kappa shape index (κ1) is 16.9. The van der Waals surface area contributed by atoms with Gasteiger partial charge in [-0.3, -0.25) is 4.79 Å². The van der Waals surface area contributed by atoms with Gasteiger partial charge in [-0.2, -0.15) is 0 Å². The van der Waals surface area contributed by atoms with Crippen molar-refractivity contribution >= 4 is 54.6 Å². The lowest BCUT2D eigenvalue weighted by Crippen LogP contribution is -2.23. The van der Waals surface area contributed by atoms with E-state index in [2.05, 4.69) is 10.3 Å². The van der Waals surface area contributed by atoms with Crippen LogP contribution in [0.4, 0.5) is 5.69 Å². The molecule has 8 heteroatoms. The monoisotopic (exact) mass is 380 g/mol. The summed E-state index contributed by atoms with van der Waals surface area (Å²) in [4.78, 5) is 16.5. The summed E-state index contributed by atoms with van der Waals surface area (Å²) in [7, 11) is -3.72. The zero-order valence-electron chi connectivity index (χ0n) is 12.6. The molecular weight excluding hydrogens is 368 g/mol. The third-order valence-corrected chi connectivity index (χ3v) is 6.11. The van der Waals surface area contributed by atoms with E-state index in [0.717, 1.165) is 15.2 Å². The third kappa shape index (κ3) is 3.75. The molecule has 0 aliphatic rings. The Kier molecular flexibility index (Phi) is 4.58. The number of aromatic nitrogens is 1. The molecule has 3 aromatic rings. The van der Waals surface area contributed by atoms with Gasteiger partial charge in [0.1, 0.15) is 5.75 Å². The average Bonchev–Trinajstić information content (AvgIpc) is 2.86. The predicted octanol–water partition coefficient (Wildman–Crippen LogP) is 3.67. The molecule has 5 nitrogen and oxygen atoms in total. The predicted molar refractivity (Wildman–Crippen MR) is 96.5 cm³/mol. The smallest absolute Gasteiger partial charge is 0.239 e. The van der Waals surface area contributed by atoms with Crippen LogP contribution < -0.4 is 5.32 Å². The number of carbonyl (C=O) groups excluding carboxylic acids is 1. The highest BCUT2D eigenvalue weighted by atomic mass is 35.5. The molecule has 1 amide bonds. The first-order chi connectivity index (χ1) is 11.3. The van der Waals surface area contributed by atoms with Gasteiger partial charge in [0.25, 0.3) is 0 Å². The molecule has 0 aliphatic heterocycles. The molecule has 1 N–H and O–H groups in total. The number of nitrogens with zero attached hydrogens (tertiary/aromatic N) is 1. The average molecular weight is 381 g/mol. The van der Waals surface area contributed by atoms with Crippen LogP contribution in [-0.4, -0.2) is 25.1 Å². The minimum atomic E-state index is -3.72. The molecule has 0 fully saturated rings. The third-order valence-electron chi connectivity index (χ3n) is 3.27. The van der Waals surface area contributed by atoms with Crippen molar-refractivity contribution in [1.82, 2.24) is 4.98 Å². The summed E-state index contributed by atoms with van der Waals surface area (Å²) in [6, 6.07) is 11.0. The molecule has 0 spiro atoms. The molecule has 0 atom stereocenters. The van der Waals surface area contributed by atoms with Crippen LogP contribution in [0.25, 0.3) is 10.2 Å². The molecular formula is C16H13ClN2O3S2. The van der Waals surface area contributed by atoms with E-state index in [1.54, 1.807) is 23.5 Å². The Bertz CT molecular complexity index is 1010. The van der Waals surface area contributed by atoms with Gasteiger partial charge < -0.3 is 5.32 Å². The number of halogens is 1. The van der Waals surface area contributed by atoms with Gasteiger partial charge in [-0.1, -0.05) is 11.6 Å². The Balaban J connectivity index is 1.75. The molecule has 2 aromatic carbocycles. The van der Waals surface area contributed by atoms with Crippen LogP contribution in [0, 0.1) is 6.92 Å². The molecule has 1 aromatic heterocycles. The van der Waals surface area contributed by atoms with Crippen molar-refractivity contribution in [3.63, 3.8) is 0 Å². The number of sulfone groups is 1. The summed E-state index contributed by atoms with van der Waals surface area (Å²) >= 11 is 7.30. The number of fused-ring (bicyclic) bond motifs is 1. The molecule has 3 rings (SSSR count). The molecule has 0 aliphatic carbocycles. The Morgan fingerprint density at radius 2 is 1.92 bits per heavy atom. The Morgan fingerprint density at radius 1 is 1.21 bits per heavy atom. The summed E-state index contributed by atoms with van der Waals surface area (Å²) in [5, 5.41) is 3.97. The van der Waals surface area contributed by atoms with E-state index in [1.165, 1.54) is 24.3 Å². The van der Waals surface area contributed by atoms with Crippen LogP contribution in [0.3, 0.4) is 0 Å². The maximum atomic E-state index is 12.2. The van der Waals surface area contributed by atoms with Crippen molar-refractivity contribution in [3.05, 3.63) is 52.5 Å². The van der Waals surface area contributed by atoms with Gasteiger partial charge in [0.05, 0.1) is 20.1 Å². The number of hydrogen-bond acceptors (Lipinski definition) is 5. The summed E-state index contributed by atoms with van der Waals surface area (Å²) in [6.45, 7) is 1.90. The highest BCUT2D eigenvalue weighted by molar-refractivity contribution is 7.92. The van der Waals surface area contributed by atoms with E-state index >= 15 is 0 Å². The first-order valence-electron chi connectivity index (χ1n) is 6.99. The van der Waals surface area contributed by atoms with Gasteiger partial charge in [-0.15, -0.1) is 11.3 Å². The number of hydrogen-bond donors (Lipinski definition) is 1. The van der Waals surface area contributed by atoms with Crippen molar-refractivity contribution in [2.24, 2.45) is 0 Å². The van der Waals surface area contributed by atoms with Gasteiger partial charge in [0.15, 0.2) is 9.84 Å². The van der Waals surface area contributed by atoms with Gasteiger partial charge >= 0.3 is 0 Å². The summed E-state index contributed by atoms with van der Waals surface area (Å²) in [6.07, 6.45) is 0. The van der Waals surface area contributed by atoms with E-state index in [0.29, 0.717) is 10.7 Å². The number of carbonyl (C=O) groups is 1. The zero-order chi connectivity index (χ0) is 17.3. The molecule has 124 valence electrons. The minimum Gasteiger partial charge on any atom is -0.325 e. The van der Waals surface area contributed by atoms with Crippen molar-refractivity contribution in [1.29, 1.82) is 0 Å². The fraction of sp³-hybridized carbons (Fsp3) is 0.125. The number of anilines is 1. The van der Waals surface area contributed by atoms with E-state index < -0.39 is 21.5 Å². The molecule has 0 unspecified atom stereocenters. The highest BCUT2D eigenvalue weighted by Gasteiger charge is 2.19. The van der Waals surface area contributed by atoms with Gasteiger partial charge in [0.2, 0.25) is 5.91 Å². The summed E-state index contributed by atoms with van der Waals surface area (Å²) in [5.41, 5.74) is 1.29. The van der Waals surface area contributed by atoms with Crippen molar-refractivity contribution in [2.75, 3.05) is 11.1 Å². The molecule has 1 heterocycles. The minimum absolute atomic E-state index is 0.0626. The second-order valence-corrected chi connectivity index (χ2v) is 8.84. The van der Waals surface area contributed by atoms with Crippen LogP contribution in [0.2, 0.25) is 5.02 Å². The normalized spacial score (nSPS) is 11.6. The molecule has 0 radical (unpaired) electrons. The first-order valence-corrected chi connectivity index (χ1v) is 9.83. The largest absolute Gasteiger partial charge is 0.325 e. The zero-order valence-corrected chi connectivity index (χ0v) is 15.0.